The van der Waals surface area contributed by atoms with Crippen molar-refractivity contribution in [3.63, 3.8) is 0 Å². The van der Waals surface area contributed by atoms with Gasteiger partial charge in [-0.05, 0) is 49.4 Å². The standard InChI is InChI=1S/C32H29N3O7/c1-17(31(36)34-14-18-6-7-19(38-2)11-27(18)39-3)42-20-8-9-26-22(10-20)25-16-33-15-24-21-12-28(40-4)29(41-5)13-23(21)32(37)35(26)30(24)25/h6-13,15-17H,14H2,1-5H3,(H,34,36)/t17-/m1/s1. The lowest BCUT2D eigenvalue weighted by molar-refractivity contribution is -0.127. The summed E-state index contributed by atoms with van der Waals surface area (Å²) in [5, 5.41) is 6.50. The van der Waals surface area contributed by atoms with E-state index in [2.05, 4.69) is 10.3 Å². The SMILES string of the molecule is COc1ccc(CNC(=O)[C@@H](C)Oc2ccc3c(c2)c2cncc4c5cc(OC)c(OC)cc5c(=O)n3c42)c(OC)c1. The van der Waals surface area contributed by atoms with Gasteiger partial charge in [0.05, 0.1) is 44.9 Å². The second-order valence-corrected chi connectivity index (χ2v) is 9.81. The fraction of sp³-hybridized carbons (Fsp3) is 0.219. The molecule has 1 atom stereocenters. The summed E-state index contributed by atoms with van der Waals surface area (Å²) < 4.78 is 29.3. The Morgan fingerprint density at radius 1 is 0.786 bits per heavy atom. The number of fused-ring (bicyclic) bond motifs is 5. The van der Waals surface area contributed by atoms with Gasteiger partial charge < -0.3 is 29.0 Å². The quantitative estimate of drug-likeness (QED) is 0.250. The average Bonchev–Trinajstić information content (AvgIpc) is 3.36. The third kappa shape index (κ3) is 4.32. The first-order valence-corrected chi connectivity index (χ1v) is 13.3. The van der Waals surface area contributed by atoms with Gasteiger partial charge in [0, 0.05) is 52.1 Å². The third-order valence-electron chi connectivity index (χ3n) is 7.52. The fourth-order valence-electron chi connectivity index (χ4n) is 5.40. The van der Waals surface area contributed by atoms with Gasteiger partial charge in [0.25, 0.3) is 11.5 Å². The molecule has 6 aromatic rings. The largest absolute Gasteiger partial charge is 0.497 e. The molecule has 0 saturated carbocycles. The summed E-state index contributed by atoms with van der Waals surface area (Å²) in [6.45, 7) is 1.95. The molecule has 0 aliphatic carbocycles. The number of ether oxygens (including phenoxy) is 5. The first kappa shape index (κ1) is 26.9. The van der Waals surface area contributed by atoms with Crippen LogP contribution in [-0.4, -0.2) is 49.8 Å². The number of pyridine rings is 2. The van der Waals surface area contributed by atoms with E-state index < -0.39 is 6.10 Å². The highest BCUT2D eigenvalue weighted by Crippen LogP contribution is 2.38. The minimum atomic E-state index is -0.782. The van der Waals surface area contributed by atoms with Crippen molar-refractivity contribution in [2.24, 2.45) is 0 Å². The zero-order valence-electron chi connectivity index (χ0n) is 23.8. The van der Waals surface area contributed by atoms with Crippen LogP contribution in [-0.2, 0) is 11.3 Å². The van der Waals surface area contributed by atoms with Gasteiger partial charge in [-0.15, -0.1) is 0 Å². The van der Waals surface area contributed by atoms with Gasteiger partial charge in [-0.3, -0.25) is 19.0 Å². The molecule has 0 aliphatic rings. The Morgan fingerprint density at radius 3 is 2.14 bits per heavy atom. The van der Waals surface area contributed by atoms with Crippen LogP contribution >= 0.6 is 0 Å². The lowest BCUT2D eigenvalue weighted by atomic mass is 10.1. The number of hydrogen-bond acceptors (Lipinski definition) is 8. The number of nitrogens with zero attached hydrogens (tertiary/aromatic N) is 2. The van der Waals surface area contributed by atoms with E-state index in [1.165, 1.54) is 7.11 Å². The molecule has 0 bridgehead atoms. The summed E-state index contributed by atoms with van der Waals surface area (Å²) in [5.74, 6) is 2.48. The van der Waals surface area contributed by atoms with E-state index in [1.54, 1.807) is 69.3 Å². The van der Waals surface area contributed by atoms with E-state index in [4.69, 9.17) is 23.7 Å². The summed E-state index contributed by atoms with van der Waals surface area (Å²) in [7, 11) is 6.25. The average molecular weight is 568 g/mol. The Kier molecular flexibility index (Phi) is 6.82. The van der Waals surface area contributed by atoms with Crippen LogP contribution in [0.5, 0.6) is 28.7 Å². The van der Waals surface area contributed by atoms with E-state index in [-0.39, 0.29) is 18.0 Å². The number of nitrogens with one attached hydrogen (secondary N) is 1. The van der Waals surface area contributed by atoms with Gasteiger partial charge in [-0.25, -0.2) is 0 Å². The number of benzene rings is 3. The molecule has 0 aliphatic heterocycles. The highest BCUT2D eigenvalue weighted by molar-refractivity contribution is 6.20. The predicted molar refractivity (Wildman–Crippen MR) is 160 cm³/mol. The molecule has 1 amide bonds. The molecule has 3 aromatic heterocycles. The number of aromatic nitrogens is 2. The smallest absolute Gasteiger partial charge is 0.263 e. The Labute approximate surface area is 240 Å². The van der Waals surface area contributed by atoms with E-state index in [0.717, 1.165) is 32.6 Å². The summed E-state index contributed by atoms with van der Waals surface area (Å²) >= 11 is 0. The zero-order valence-corrected chi connectivity index (χ0v) is 23.8. The third-order valence-corrected chi connectivity index (χ3v) is 7.52. The molecule has 0 unspecified atom stereocenters. The molecule has 0 radical (unpaired) electrons. The predicted octanol–water partition coefficient (Wildman–Crippen LogP) is 4.71. The molecular weight excluding hydrogens is 538 g/mol. The zero-order chi connectivity index (χ0) is 29.5. The molecule has 6 rings (SSSR count). The molecule has 0 fully saturated rings. The number of hydrogen-bond donors (Lipinski definition) is 1. The van der Waals surface area contributed by atoms with E-state index >= 15 is 0 Å². The maximum Gasteiger partial charge on any atom is 0.263 e. The van der Waals surface area contributed by atoms with Gasteiger partial charge in [0.2, 0.25) is 0 Å². The Balaban J connectivity index is 1.34. The maximum atomic E-state index is 13.8. The van der Waals surface area contributed by atoms with Gasteiger partial charge in [0.15, 0.2) is 17.6 Å². The first-order chi connectivity index (χ1) is 20.4. The highest BCUT2D eigenvalue weighted by Gasteiger charge is 2.21. The topological polar surface area (TPSA) is 110 Å². The lowest BCUT2D eigenvalue weighted by Gasteiger charge is -2.16. The summed E-state index contributed by atoms with van der Waals surface area (Å²) in [6, 6.07) is 14.3. The van der Waals surface area contributed by atoms with Crippen molar-refractivity contribution < 1.29 is 28.5 Å². The molecular formula is C32H29N3O7. The molecule has 214 valence electrons. The molecule has 10 heteroatoms. The molecule has 42 heavy (non-hydrogen) atoms. The summed E-state index contributed by atoms with van der Waals surface area (Å²) in [6.07, 6.45) is 2.70. The number of carbonyl (C=O) groups excluding carboxylic acids is 1. The van der Waals surface area contributed by atoms with Crippen molar-refractivity contribution in [3.8, 4) is 28.7 Å². The second-order valence-electron chi connectivity index (χ2n) is 9.81. The van der Waals surface area contributed by atoms with Gasteiger partial charge in [-0.1, -0.05) is 0 Å². The van der Waals surface area contributed by atoms with Crippen molar-refractivity contribution in [2.45, 2.75) is 19.6 Å². The minimum Gasteiger partial charge on any atom is -0.497 e. The van der Waals surface area contributed by atoms with Crippen molar-refractivity contribution in [3.05, 3.63) is 76.8 Å². The van der Waals surface area contributed by atoms with E-state index in [0.29, 0.717) is 39.7 Å². The lowest BCUT2D eigenvalue weighted by Crippen LogP contribution is -2.36. The first-order valence-electron chi connectivity index (χ1n) is 13.3. The van der Waals surface area contributed by atoms with Gasteiger partial charge >= 0.3 is 0 Å². The number of rotatable bonds is 9. The van der Waals surface area contributed by atoms with Gasteiger partial charge in [0.1, 0.15) is 17.2 Å². The van der Waals surface area contributed by atoms with Crippen molar-refractivity contribution in [2.75, 3.05) is 28.4 Å². The van der Waals surface area contributed by atoms with Crippen LogP contribution in [0.15, 0.2) is 65.7 Å². The molecule has 10 nitrogen and oxygen atoms in total. The van der Waals surface area contributed by atoms with Crippen LogP contribution in [0.4, 0.5) is 0 Å². The van der Waals surface area contributed by atoms with Crippen LogP contribution in [0, 0.1) is 0 Å². The summed E-state index contributed by atoms with van der Waals surface area (Å²) in [4.78, 5) is 31.2. The molecule has 0 spiro atoms. The van der Waals surface area contributed by atoms with Crippen LogP contribution in [0.25, 0.3) is 38.0 Å². The van der Waals surface area contributed by atoms with Crippen LogP contribution in [0.1, 0.15) is 12.5 Å². The van der Waals surface area contributed by atoms with Crippen LogP contribution in [0.3, 0.4) is 0 Å². The number of amides is 1. The van der Waals surface area contributed by atoms with Gasteiger partial charge in [-0.2, -0.15) is 0 Å². The fourth-order valence-corrected chi connectivity index (χ4v) is 5.40. The van der Waals surface area contributed by atoms with Crippen molar-refractivity contribution in [1.29, 1.82) is 0 Å². The van der Waals surface area contributed by atoms with Crippen LogP contribution in [0.2, 0.25) is 0 Å². The highest BCUT2D eigenvalue weighted by atomic mass is 16.5. The van der Waals surface area contributed by atoms with E-state index in [9.17, 15) is 9.59 Å². The molecule has 3 heterocycles. The molecule has 0 saturated heterocycles. The molecule has 3 aromatic carbocycles. The number of methoxy groups -OCH3 is 4. The maximum absolute atomic E-state index is 13.8. The number of carbonyl (C=O) groups is 1. The second kappa shape index (κ2) is 10.6. The molecule has 1 N–H and O–H groups in total. The van der Waals surface area contributed by atoms with Crippen molar-refractivity contribution >= 4 is 43.9 Å². The Hall–Kier alpha value is -5.25. The van der Waals surface area contributed by atoms with Crippen molar-refractivity contribution in [1.82, 2.24) is 14.7 Å². The Morgan fingerprint density at radius 2 is 1.45 bits per heavy atom. The normalized spacial score (nSPS) is 12.1. The minimum absolute atomic E-state index is 0.181. The summed E-state index contributed by atoms with van der Waals surface area (Å²) in [5.41, 5.74) is 2.09. The monoisotopic (exact) mass is 567 g/mol. The van der Waals surface area contributed by atoms with E-state index in [1.807, 2.05) is 24.3 Å². The Bertz CT molecular complexity index is 2040. The van der Waals surface area contributed by atoms with Crippen LogP contribution < -0.4 is 34.6 Å².